The lowest BCUT2D eigenvalue weighted by Crippen LogP contribution is -2.48. The lowest BCUT2D eigenvalue weighted by Gasteiger charge is -2.32. The standard InChI is InChI=1S/C18H21N3O4S/c1-24-12-15-11-21(7-8-25-15)18(23)20-14-5-2-4-13(10-14)19-17(22)16-6-3-9-26-16/h2-6,9-10,15H,7-8,11-12H2,1H3,(H,19,22)(H,20,23). The highest BCUT2D eigenvalue weighted by Crippen LogP contribution is 2.18. The zero-order chi connectivity index (χ0) is 18.4. The molecule has 1 aliphatic rings. The van der Waals surface area contributed by atoms with Crippen LogP contribution in [0.25, 0.3) is 0 Å². The fourth-order valence-corrected chi connectivity index (χ4v) is 3.29. The summed E-state index contributed by atoms with van der Waals surface area (Å²) >= 11 is 1.38. The number of nitrogens with one attached hydrogen (secondary N) is 2. The fraction of sp³-hybridized carbons (Fsp3) is 0.333. The van der Waals surface area contributed by atoms with Crippen LogP contribution in [-0.2, 0) is 9.47 Å². The van der Waals surface area contributed by atoms with E-state index in [9.17, 15) is 9.59 Å². The number of thiophene rings is 1. The summed E-state index contributed by atoms with van der Waals surface area (Å²) in [5.74, 6) is -0.168. The summed E-state index contributed by atoms with van der Waals surface area (Å²) < 4.78 is 10.6. The van der Waals surface area contributed by atoms with E-state index < -0.39 is 0 Å². The molecule has 1 fully saturated rings. The number of ether oxygens (including phenoxy) is 2. The third kappa shape index (κ3) is 4.81. The van der Waals surface area contributed by atoms with E-state index in [0.717, 1.165) is 0 Å². The molecule has 0 aliphatic carbocycles. The molecule has 8 heteroatoms. The molecule has 3 amide bonds. The monoisotopic (exact) mass is 375 g/mol. The molecule has 3 rings (SSSR count). The third-order valence-electron chi connectivity index (χ3n) is 3.90. The highest BCUT2D eigenvalue weighted by Gasteiger charge is 2.24. The minimum atomic E-state index is -0.198. The first-order valence-corrected chi connectivity index (χ1v) is 9.15. The van der Waals surface area contributed by atoms with Gasteiger partial charge in [-0.2, -0.15) is 0 Å². The van der Waals surface area contributed by atoms with Gasteiger partial charge in [0.05, 0.1) is 30.7 Å². The molecule has 1 unspecified atom stereocenters. The Labute approximate surface area is 155 Å². The smallest absolute Gasteiger partial charge is 0.322 e. The van der Waals surface area contributed by atoms with Crippen molar-refractivity contribution in [3.05, 3.63) is 46.7 Å². The number of urea groups is 1. The zero-order valence-electron chi connectivity index (χ0n) is 14.4. The number of hydrogen-bond acceptors (Lipinski definition) is 5. The molecule has 2 aromatic rings. The van der Waals surface area contributed by atoms with Crippen LogP contribution in [0.4, 0.5) is 16.2 Å². The number of benzene rings is 1. The maximum atomic E-state index is 12.5. The number of morpholine rings is 1. The molecule has 7 nitrogen and oxygen atoms in total. The second kappa shape index (κ2) is 8.79. The van der Waals surface area contributed by atoms with Gasteiger partial charge in [0.25, 0.3) is 5.91 Å². The highest BCUT2D eigenvalue weighted by atomic mass is 32.1. The van der Waals surface area contributed by atoms with Gasteiger partial charge in [0.2, 0.25) is 0 Å². The predicted octanol–water partition coefficient (Wildman–Crippen LogP) is 2.88. The van der Waals surface area contributed by atoms with E-state index in [2.05, 4.69) is 10.6 Å². The highest BCUT2D eigenvalue weighted by molar-refractivity contribution is 7.12. The van der Waals surface area contributed by atoms with Crippen LogP contribution in [0.15, 0.2) is 41.8 Å². The van der Waals surface area contributed by atoms with E-state index in [1.165, 1.54) is 11.3 Å². The van der Waals surface area contributed by atoms with Gasteiger partial charge in [-0.3, -0.25) is 4.79 Å². The Hall–Kier alpha value is -2.42. The molecule has 1 atom stereocenters. The number of hydrogen-bond donors (Lipinski definition) is 2. The first kappa shape index (κ1) is 18.4. The summed E-state index contributed by atoms with van der Waals surface area (Å²) in [7, 11) is 1.61. The van der Waals surface area contributed by atoms with Crippen LogP contribution in [0.5, 0.6) is 0 Å². The Balaban J connectivity index is 1.59. The van der Waals surface area contributed by atoms with Gasteiger partial charge in [0, 0.05) is 25.0 Å². The maximum Gasteiger partial charge on any atom is 0.322 e. The Morgan fingerprint density at radius 2 is 2.08 bits per heavy atom. The van der Waals surface area contributed by atoms with Gasteiger partial charge in [-0.15, -0.1) is 11.3 Å². The molecule has 26 heavy (non-hydrogen) atoms. The summed E-state index contributed by atoms with van der Waals surface area (Å²) in [5, 5.41) is 7.55. The van der Waals surface area contributed by atoms with Gasteiger partial charge >= 0.3 is 6.03 Å². The third-order valence-corrected chi connectivity index (χ3v) is 4.76. The second-order valence-electron chi connectivity index (χ2n) is 5.84. The summed E-state index contributed by atoms with van der Waals surface area (Å²) in [6.45, 7) is 1.95. The molecule has 0 bridgehead atoms. The first-order chi connectivity index (χ1) is 12.7. The molecule has 1 aromatic heterocycles. The van der Waals surface area contributed by atoms with E-state index in [1.807, 2.05) is 11.4 Å². The SMILES string of the molecule is COCC1CN(C(=O)Nc2cccc(NC(=O)c3cccs3)c2)CCO1. The lowest BCUT2D eigenvalue weighted by atomic mass is 10.2. The van der Waals surface area contributed by atoms with Gasteiger partial charge < -0.3 is 25.0 Å². The minimum Gasteiger partial charge on any atom is -0.382 e. The average Bonchev–Trinajstić information content (AvgIpc) is 3.17. The molecule has 0 spiro atoms. The molecular weight excluding hydrogens is 354 g/mol. The average molecular weight is 375 g/mol. The molecule has 0 radical (unpaired) electrons. The van der Waals surface area contributed by atoms with Crippen molar-refractivity contribution in [1.82, 2.24) is 4.90 Å². The van der Waals surface area contributed by atoms with Crippen LogP contribution >= 0.6 is 11.3 Å². The molecule has 2 heterocycles. The number of carbonyl (C=O) groups is 2. The van der Waals surface area contributed by atoms with Crippen LogP contribution < -0.4 is 10.6 Å². The molecule has 0 saturated carbocycles. The topological polar surface area (TPSA) is 79.9 Å². The van der Waals surface area contributed by atoms with Crippen molar-refractivity contribution in [3.63, 3.8) is 0 Å². The van der Waals surface area contributed by atoms with Crippen molar-refractivity contribution >= 4 is 34.6 Å². The molecular formula is C18H21N3O4S. The van der Waals surface area contributed by atoms with Crippen molar-refractivity contribution in [2.75, 3.05) is 44.0 Å². The number of rotatable bonds is 5. The number of nitrogens with zero attached hydrogens (tertiary/aromatic N) is 1. The second-order valence-corrected chi connectivity index (χ2v) is 6.78. The molecule has 1 aliphatic heterocycles. The van der Waals surface area contributed by atoms with Gasteiger partial charge in [-0.1, -0.05) is 12.1 Å². The first-order valence-electron chi connectivity index (χ1n) is 8.27. The van der Waals surface area contributed by atoms with E-state index in [1.54, 1.807) is 42.3 Å². The fourth-order valence-electron chi connectivity index (χ4n) is 2.67. The quantitative estimate of drug-likeness (QED) is 0.842. The van der Waals surface area contributed by atoms with Crippen molar-refractivity contribution < 1.29 is 19.1 Å². The van der Waals surface area contributed by atoms with Crippen LogP contribution in [0.2, 0.25) is 0 Å². The van der Waals surface area contributed by atoms with E-state index >= 15 is 0 Å². The van der Waals surface area contributed by atoms with Crippen LogP contribution in [-0.4, -0.2) is 56.4 Å². The summed E-state index contributed by atoms with van der Waals surface area (Å²) in [6.07, 6.45) is -0.115. The normalized spacial score (nSPS) is 17.0. The van der Waals surface area contributed by atoms with Gasteiger partial charge in [0.1, 0.15) is 0 Å². The number of amides is 3. The molecule has 1 saturated heterocycles. The van der Waals surface area contributed by atoms with Crippen LogP contribution in [0.3, 0.4) is 0 Å². The number of anilines is 2. The zero-order valence-corrected chi connectivity index (χ0v) is 15.3. The van der Waals surface area contributed by atoms with Crippen molar-refractivity contribution in [2.45, 2.75) is 6.10 Å². The van der Waals surface area contributed by atoms with Crippen molar-refractivity contribution in [2.24, 2.45) is 0 Å². The van der Waals surface area contributed by atoms with Gasteiger partial charge in [-0.05, 0) is 29.6 Å². The van der Waals surface area contributed by atoms with Crippen LogP contribution in [0.1, 0.15) is 9.67 Å². The van der Waals surface area contributed by atoms with Gasteiger partial charge in [0.15, 0.2) is 0 Å². The predicted molar refractivity (Wildman–Crippen MR) is 101 cm³/mol. The van der Waals surface area contributed by atoms with E-state index in [4.69, 9.17) is 9.47 Å². The molecule has 138 valence electrons. The Bertz CT molecular complexity index is 749. The largest absolute Gasteiger partial charge is 0.382 e. The number of methoxy groups -OCH3 is 1. The van der Waals surface area contributed by atoms with Gasteiger partial charge in [-0.25, -0.2) is 4.79 Å². The Kier molecular flexibility index (Phi) is 6.21. The maximum absolute atomic E-state index is 12.5. The minimum absolute atomic E-state index is 0.115. The van der Waals surface area contributed by atoms with Crippen molar-refractivity contribution in [3.8, 4) is 0 Å². The van der Waals surface area contributed by atoms with E-state index in [-0.39, 0.29) is 18.0 Å². The Morgan fingerprint density at radius 1 is 1.27 bits per heavy atom. The van der Waals surface area contributed by atoms with Crippen LogP contribution in [0, 0.1) is 0 Å². The molecule has 1 aromatic carbocycles. The molecule has 2 N–H and O–H groups in total. The summed E-state index contributed by atoms with van der Waals surface area (Å²) in [6, 6.07) is 10.5. The van der Waals surface area contributed by atoms with Crippen molar-refractivity contribution in [1.29, 1.82) is 0 Å². The lowest BCUT2D eigenvalue weighted by molar-refractivity contribution is -0.0481. The summed E-state index contributed by atoms with van der Waals surface area (Å²) in [5.41, 5.74) is 1.24. The summed E-state index contributed by atoms with van der Waals surface area (Å²) in [4.78, 5) is 26.9. The van der Waals surface area contributed by atoms with E-state index in [0.29, 0.717) is 42.6 Å². The number of carbonyl (C=O) groups excluding carboxylic acids is 2. The Morgan fingerprint density at radius 3 is 2.81 bits per heavy atom.